The molecule has 0 unspecified atom stereocenters. The van der Waals surface area contributed by atoms with E-state index in [9.17, 15) is 13.2 Å². The van der Waals surface area contributed by atoms with Gasteiger partial charge in [-0.15, -0.1) is 6.42 Å². The van der Waals surface area contributed by atoms with Crippen molar-refractivity contribution in [1.82, 2.24) is 5.32 Å². The second-order valence-electron chi connectivity index (χ2n) is 3.08. The van der Waals surface area contributed by atoms with Crippen LogP contribution in [0.25, 0.3) is 0 Å². The lowest BCUT2D eigenvalue weighted by atomic mass is 10.3. The number of nitrogens with one attached hydrogen (secondary N) is 2. The number of benzene rings is 1. The summed E-state index contributed by atoms with van der Waals surface area (Å²) in [6, 6.07) is 4.98. The molecule has 17 heavy (non-hydrogen) atoms. The molecule has 2 amide bonds. The highest BCUT2D eigenvalue weighted by Gasteiger charge is 2.07. The van der Waals surface area contributed by atoms with Crippen molar-refractivity contribution in [3.63, 3.8) is 0 Å². The number of primary sulfonamides is 1. The lowest BCUT2D eigenvalue weighted by Gasteiger charge is -2.05. The lowest BCUT2D eigenvalue weighted by molar-refractivity contribution is 0.253. The van der Waals surface area contributed by atoms with Gasteiger partial charge in [0.2, 0.25) is 10.0 Å². The van der Waals surface area contributed by atoms with Crippen LogP contribution in [-0.4, -0.2) is 21.0 Å². The fourth-order valence-corrected chi connectivity index (χ4v) is 1.55. The molecule has 0 spiro atoms. The molecule has 0 saturated heterocycles. The molecule has 0 fully saturated rings. The standard InChI is InChI=1S/C10H11N3O3S/c1-2-7-12-10(14)13-8-3-5-9(6-4-8)17(11,15)16/h1,3-6H,7H2,(H2,11,15,16)(H2,12,13,14). The van der Waals surface area contributed by atoms with E-state index in [0.29, 0.717) is 5.69 Å². The summed E-state index contributed by atoms with van der Waals surface area (Å²) in [6.45, 7) is 0.112. The van der Waals surface area contributed by atoms with Gasteiger partial charge in [-0.1, -0.05) is 5.92 Å². The molecule has 6 nitrogen and oxygen atoms in total. The van der Waals surface area contributed by atoms with Crippen molar-refractivity contribution in [3.8, 4) is 12.3 Å². The van der Waals surface area contributed by atoms with Crippen molar-refractivity contribution in [2.24, 2.45) is 5.14 Å². The Bertz CT molecular complexity index is 543. The first-order chi connectivity index (χ1) is 7.93. The van der Waals surface area contributed by atoms with E-state index < -0.39 is 16.1 Å². The Hall–Kier alpha value is -2.04. The molecule has 1 aromatic rings. The number of hydrogen-bond donors (Lipinski definition) is 3. The van der Waals surface area contributed by atoms with E-state index in [1.54, 1.807) is 0 Å². The largest absolute Gasteiger partial charge is 0.327 e. The molecular formula is C10H11N3O3S. The van der Waals surface area contributed by atoms with E-state index in [2.05, 4.69) is 16.6 Å². The highest BCUT2D eigenvalue weighted by Crippen LogP contribution is 2.12. The maximum atomic E-state index is 11.2. The van der Waals surface area contributed by atoms with Gasteiger partial charge in [-0.05, 0) is 24.3 Å². The fraction of sp³-hybridized carbons (Fsp3) is 0.100. The van der Waals surface area contributed by atoms with E-state index in [4.69, 9.17) is 11.6 Å². The Morgan fingerprint density at radius 3 is 2.41 bits per heavy atom. The summed E-state index contributed by atoms with van der Waals surface area (Å²) in [5.41, 5.74) is 0.437. The van der Waals surface area contributed by atoms with Crippen LogP contribution in [0.1, 0.15) is 0 Å². The van der Waals surface area contributed by atoms with Crippen LogP contribution in [0, 0.1) is 12.3 Å². The molecule has 4 N–H and O–H groups in total. The van der Waals surface area contributed by atoms with Gasteiger partial charge in [0.1, 0.15) is 0 Å². The fourth-order valence-electron chi connectivity index (χ4n) is 1.03. The van der Waals surface area contributed by atoms with Crippen LogP contribution in [0.2, 0.25) is 0 Å². The molecule has 90 valence electrons. The van der Waals surface area contributed by atoms with E-state index in [1.165, 1.54) is 24.3 Å². The van der Waals surface area contributed by atoms with Crippen molar-refractivity contribution >= 4 is 21.7 Å². The number of rotatable bonds is 3. The average molecular weight is 253 g/mol. The second kappa shape index (κ2) is 5.34. The van der Waals surface area contributed by atoms with Crippen molar-refractivity contribution in [2.75, 3.05) is 11.9 Å². The highest BCUT2D eigenvalue weighted by molar-refractivity contribution is 7.89. The Labute approximate surface area is 99.3 Å². The first-order valence-electron chi connectivity index (χ1n) is 4.54. The summed E-state index contributed by atoms with van der Waals surface area (Å²) < 4.78 is 21.9. The van der Waals surface area contributed by atoms with Gasteiger partial charge in [-0.3, -0.25) is 0 Å². The third kappa shape index (κ3) is 4.14. The van der Waals surface area contributed by atoms with Crippen LogP contribution in [0.15, 0.2) is 29.2 Å². The van der Waals surface area contributed by atoms with Crippen molar-refractivity contribution in [1.29, 1.82) is 0 Å². The van der Waals surface area contributed by atoms with E-state index >= 15 is 0 Å². The molecule has 0 atom stereocenters. The molecule has 1 aromatic carbocycles. The first-order valence-corrected chi connectivity index (χ1v) is 6.09. The third-order valence-corrected chi connectivity index (χ3v) is 2.72. The SMILES string of the molecule is C#CCNC(=O)Nc1ccc(S(N)(=O)=O)cc1. The Kier molecular flexibility index (Phi) is 4.09. The average Bonchev–Trinajstić information content (AvgIpc) is 2.26. The minimum atomic E-state index is -3.72. The lowest BCUT2D eigenvalue weighted by Crippen LogP contribution is -2.28. The number of hydrogen-bond acceptors (Lipinski definition) is 3. The van der Waals surface area contributed by atoms with Gasteiger partial charge in [0.15, 0.2) is 0 Å². The van der Waals surface area contributed by atoms with Gasteiger partial charge in [0.05, 0.1) is 11.4 Å². The number of nitrogens with two attached hydrogens (primary N) is 1. The normalized spacial score (nSPS) is 10.4. The molecule has 0 aromatic heterocycles. The molecule has 0 bridgehead atoms. The number of amides is 2. The zero-order chi connectivity index (χ0) is 12.9. The van der Waals surface area contributed by atoms with E-state index in [1.807, 2.05) is 0 Å². The van der Waals surface area contributed by atoms with Gasteiger partial charge in [-0.2, -0.15) is 0 Å². The molecule has 0 saturated carbocycles. The minimum Gasteiger partial charge on any atom is -0.327 e. The van der Waals surface area contributed by atoms with Crippen LogP contribution in [0.3, 0.4) is 0 Å². The van der Waals surface area contributed by atoms with Crippen molar-refractivity contribution < 1.29 is 13.2 Å². The van der Waals surface area contributed by atoms with Gasteiger partial charge >= 0.3 is 6.03 Å². The van der Waals surface area contributed by atoms with Crippen LogP contribution in [0.4, 0.5) is 10.5 Å². The Balaban J connectivity index is 2.70. The molecular weight excluding hydrogens is 242 g/mol. The number of anilines is 1. The monoisotopic (exact) mass is 253 g/mol. The zero-order valence-electron chi connectivity index (χ0n) is 8.80. The summed E-state index contributed by atoms with van der Waals surface area (Å²) in [7, 11) is -3.72. The van der Waals surface area contributed by atoms with E-state index in [0.717, 1.165) is 0 Å². The third-order valence-electron chi connectivity index (χ3n) is 1.79. The van der Waals surface area contributed by atoms with Gasteiger partial charge in [0, 0.05) is 5.69 Å². The molecule has 7 heteroatoms. The molecule has 0 aliphatic rings. The summed E-state index contributed by atoms with van der Waals surface area (Å²) in [6.07, 6.45) is 4.96. The molecule has 0 aliphatic heterocycles. The van der Waals surface area contributed by atoms with Crippen molar-refractivity contribution in [3.05, 3.63) is 24.3 Å². The predicted octanol–water partition coefficient (Wildman–Crippen LogP) is 0.0887. The Morgan fingerprint density at radius 2 is 1.94 bits per heavy atom. The Morgan fingerprint density at radius 1 is 1.35 bits per heavy atom. The van der Waals surface area contributed by atoms with Gasteiger partial charge < -0.3 is 10.6 Å². The van der Waals surface area contributed by atoms with Crippen LogP contribution >= 0.6 is 0 Å². The second-order valence-corrected chi connectivity index (χ2v) is 4.64. The molecule has 0 aliphatic carbocycles. The van der Waals surface area contributed by atoms with Crippen molar-refractivity contribution in [2.45, 2.75) is 4.90 Å². The topological polar surface area (TPSA) is 101 Å². The summed E-state index contributed by atoms with van der Waals surface area (Å²) >= 11 is 0. The number of terminal acetylenes is 1. The number of urea groups is 1. The summed E-state index contributed by atoms with van der Waals surface area (Å²) in [4.78, 5) is 11.2. The number of carbonyl (C=O) groups is 1. The van der Waals surface area contributed by atoms with Gasteiger partial charge in [-0.25, -0.2) is 18.4 Å². The van der Waals surface area contributed by atoms with E-state index in [-0.39, 0.29) is 11.4 Å². The first kappa shape index (κ1) is 13.0. The molecule has 0 heterocycles. The number of sulfonamides is 1. The van der Waals surface area contributed by atoms with Crippen LogP contribution in [-0.2, 0) is 10.0 Å². The summed E-state index contributed by atoms with van der Waals surface area (Å²) in [5, 5.41) is 9.79. The number of carbonyl (C=O) groups excluding carboxylic acids is 1. The summed E-state index contributed by atoms with van der Waals surface area (Å²) in [5.74, 6) is 2.25. The minimum absolute atomic E-state index is 0.0212. The zero-order valence-corrected chi connectivity index (χ0v) is 9.62. The quantitative estimate of drug-likeness (QED) is 0.665. The smallest absolute Gasteiger partial charge is 0.319 e. The van der Waals surface area contributed by atoms with Crippen LogP contribution < -0.4 is 15.8 Å². The maximum Gasteiger partial charge on any atom is 0.319 e. The van der Waals surface area contributed by atoms with Crippen LogP contribution in [0.5, 0.6) is 0 Å². The maximum absolute atomic E-state index is 11.2. The molecule has 1 rings (SSSR count). The predicted molar refractivity (Wildman–Crippen MR) is 63.7 cm³/mol. The highest BCUT2D eigenvalue weighted by atomic mass is 32.2. The van der Waals surface area contributed by atoms with Gasteiger partial charge in [0.25, 0.3) is 0 Å². The molecule has 0 radical (unpaired) electrons.